The minimum Gasteiger partial charge on any atom is -0.360 e. The van der Waals surface area contributed by atoms with E-state index in [2.05, 4.69) is 46.1 Å². The van der Waals surface area contributed by atoms with Crippen LogP contribution in [-0.2, 0) is 0 Å². The van der Waals surface area contributed by atoms with Gasteiger partial charge in [-0.2, -0.15) is 0 Å². The number of halogens is 1. The van der Waals surface area contributed by atoms with Crippen molar-refractivity contribution in [3.63, 3.8) is 0 Å². The van der Waals surface area contributed by atoms with Crippen LogP contribution >= 0.6 is 0 Å². The Bertz CT molecular complexity index is 955. The molecule has 1 aromatic carbocycles. The van der Waals surface area contributed by atoms with Crippen LogP contribution in [0.25, 0.3) is 17.1 Å². The molecule has 0 fully saturated rings. The zero-order valence-corrected chi connectivity index (χ0v) is 14.1. The number of fused-ring (bicyclic) bond motifs is 1. The van der Waals surface area contributed by atoms with Crippen LogP contribution in [-0.4, -0.2) is 22.6 Å². The van der Waals surface area contributed by atoms with Crippen molar-refractivity contribution in [3.8, 4) is 0 Å². The molecule has 0 saturated carbocycles. The summed E-state index contributed by atoms with van der Waals surface area (Å²) in [6.45, 7) is 2.98. The predicted octanol–water partition coefficient (Wildman–Crippen LogP) is 4.86. The highest BCUT2D eigenvalue weighted by Gasteiger charge is 2.20. The Morgan fingerprint density at radius 2 is 2.20 bits per heavy atom. The largest absolute Gasteiger partial charge is 0.360 e. The van der Waals surface area contributed by atoms with E-state index in [1.165, 1.54) is 11.6 Å². The molecule has 0 bridgehead atoms. The quantitative estimate of drug-likeness (QED) is 0.694. The van der Waals surface area contributed by atoms with E-state index in [-0.39, 0.29) is 11.9 Å². The van der Waals surface area contributed by atoms with E-state index < -0.39 is 0 Å². The molecular weight excluding hydrogens is 313 g/mol. The van der Waals surface area contributed by atoms with E-state index in [1.807, 2.05) is 24.5 Å². The highest BCUT2D eigenvalue weighted by molar-refractivity contribution is 5.84. The Morgan fingerprint density at radius 3 is 3.08 bits per heavy atom. The molecule has 0 radical (unpaired) electrons. The minimum atomic E-state index is -0.208. The van der Waals surface area contributed by atoms with Crippen LogP contribution in [0.4, 0.5) is 10.1 Å². The fourth-order valence-corrected chi connectivity index (χ4v) is 3.40. The van der Waals surface area contributed by atoms with E-state index in [0.717, 1.165) is 35.2 Å². The third-order valence-electron chi connectivity index (χ3n) is 4.74. The second-order valence-electron chi connectivity index (χ2n) is 6.35. The Labute approximate surface area is 146 Å². The van der Waals surface area contributed by atoms with E-state index >= 15 is 0 Å². The maximum absolute atomic E-state index is 13.4. The summed E-state index contributed by atoms with van der Waals surface area (Å²) in [5.41, 5.74) is 4.17. The van der Waals surface area contributed by atoms with Gasteiger partial charge < -0.3 is 9.88 Å². The first kappa shape index (κ1) is 15.6. The molecule has 2 aromatic heterocycles. The zero-order chi connectivity index (χ0) is 17.2. The van der Waals surface area contributed by atoms with Gasteiger partial charge in [0.1, 0.15) is 11.5 Å². The zero-order valence-electron chi connectivity index (χ0n) is 14.1. The number of anilines is 1. The van der Waals surface area contributed by atoms with E-state index in [0.29, 0.717) is 0 Å². The molecule has 1 atom stereocenters. The van der Waals surface area contributed by atoms with Crippen LogP contribution in [0, 0.1) is 12.7 Å². The number of aryl methyl sites for hydroxylation is 1. The second kappa shape index (κ2) is 6.55. The highest BCUT2D eigenvalue weighted by Crippen LogP contribution is 2.30. The van der Waals surface area contributed by atoms with E-state index in [1.54, 1.807) is 12.1 Å². The molecule has 126 valence electrons. The average molecular weight is 333 g/mol. The maximum Gasteiger partial charge on any atom is 0.137 e. The van der Waals surface area contributed by atoms with Crippen molar-refractivity contribution in [3.05, 3.63) is 77.9 Å². The number of pyridine rings is 1. The predicted molar refractivity (Wildman–Crippen MR) is 101 cm³/mol. The molecule has 1 aliphatic heterocycles. The van der Waals surface area contributed by atoms with Crippen molar-refractivity contribution in [2.75, 3.05) is 11.4 Å². The standard InChI is InChI=1S/C21H20FN3/c1-15-19-10-11-23-21(19)24-14-20(15)25-12-3-2-7-18(25)9-8-16-5-4-6-17(22)13-16/h2-6,8-11,13-14,18H,7,12H2,1H3,(H,23,24). The normalized spacial score (nSPS) is 17.7. The fraction of sp³-hybridized carbons (Fsp3) is 0.190. The van der Waals surface area contributed by atoms with Gasteiger partial charge in [-0.3, -0.25) is 0 Å². The molecular formula is C21H20FN3. The number of hydrogen-bond donors (Lipinski definition) is 1. The summed E-state index contributed by atoms with van der Waals surface area (Å²) < 4.78 is 13.4. The lowest BCUT2D eigenvalue weighted by Gasteiger charge is -2.34. The van der Waals surface area contributed by atoms with Gasteiger partial charge in [-0.05, 0) is 42.7 Å². The lowest BCUT2D eigenvalue weighted by atomic mass is 10.0. The van der Waals surface area contributed by atoms with Crippen LogP contribution < -0.4 is 4.90 Å². The molecule has 0 saturated heterocycles. The van der Waals surface area contributed by atoms with Gasteiger partial charge in [0.15, 0.2) is 0 Å². The van der Waals surface area contributed by atoms with Crippen molar-refractivity contribution in [1.29, 1.82) is 0 Å². The molecule has 1 unspecified atom stereocenters. The maximum atomic E-state index is 13.4. The molecule has 4 rings (SSSR count). The van der Waals surface area contributed by atoms with Crippen molar-refractivity contribution in [2.24, 2.45) is 0 Å². The summed E-state index contributed by atoms with van der Waals surface area (Å²) in [6.07, 6.45) is 13.3. The number of nitrogens with zero attached hydrogens (tertiary/aromatic N) is 2. The number of nitrogens with one attached hydrogen (secondary N) is 1. The van der Waals surface area contributed by atoms with Gasteiger partial charge in [0.25, 0.3) is 0 Å². The second-order valence-corrected chi connectivity index (χ2v) is 6.35. The number of rotatable bonds is 3. The summed E-state index contributed by atoms with van der Waals surface area (Å²) in [7, 11) is 0. The first-order chi connectivity index (χ1) is 12.2. The van der Waals surface area contributed by atoms with E-state index in [9.17, 15) is 4.39 Å². The fourth-order valence-electron chi connectivity index (χ4n) is 3.40. The third kappa shape index (κ3) is 3.07. The number of aromatic amines is 1. The number of benzene rings is 1. The van der Waals surface area contributed by atoms with Crippen LogP contribution in [0.15, 0.2) is 61.0 Å². The molecule has 3 heterocycles. The first-order valence-corrected chi connectivity index (χ1v) is 8.50. The summed E-state index contributed by atoms with van der Waals surface area (Å²) in [5.74, 6) is -0.208. The highest BCUT2D eigenvalue weighted by atomic mass is 19.1. The van der Waals surface area contributed by atoms with Crippen LogP contribution in [0.2, 0.25) is 0 Å². The molecule has 1 aliphatic rings. The van der Waals surface area contributed by atoms with Gasteiger partial charge in [0.2, 0.25) is 0 Å². The van der Waals surface area contributed by atoms with Crippen LogP contribution in [0.1, 0.15) is 17.5 Å². The van der Waals surface area contributed by atoms with Gasteiger partial charge in [0.05, 0.1) is 17.9 Å². The summed E-state index contributed by atoms with van der Waals surface area (Å²) in [5, 5.41) is 1.15. The molecule has 0 amide bonds. The smallest absolute Gasteiger partial charge is 0.137 e. The van der Waals surface area contributed by atoms with Crippen molar-refractivity contribution >= 4 is 22.8 Å². The lowest BCUT2D eigenvalue weighted by molar-refractivity contribution is 0.627. The topological polar surface area (TPSA) is 31.9 Å². The van der Waals surface area contributed by atoms with Gasteiger partial charge in [0, 0.05) is 18.1 Å². The van der Waals surface area contributed by atoms with Crippen LogP contribution in [0.3, 0.4) is 0 Å². The Morgan fingerprint density at radius 1 is 1.28 bits per heavy atom. The van der Waals surface area contributed by atoms with Gasteiger partial charge in [-0.25, -0.2) is 9.37 Å². The first-order valence-electron chi connectivity index (χ1n) is 8.50. The van der Waals surface area contributed by atoms with Gasteiger partial charge in [-0.15, -0.1) is 0 Å². The molecule has 4 heteroatoms. The third-order valence-corrected chi connectivity index (χ3v) is 4.74. The number of H-pyrrole nitrogens is 1. The number of hydrogen-bond acceptors (Lipinski definition) is 2. The van der Waals surface area contributed by atoms with Gasteiger partial charge >= 0.3 is 0 Å². The van der Waals surface area contributed by atoms with Gasteiger partial charge in [-0.1, -0.05) is 36.4 Å². The monoisotopic (exact) mass is 333 g/mol. The molecule has 3 aromatic rings. The average Bonchev–Trinajstić information content (AvgIpc) is 3.11. The summed E-state index contributed by atoms with van der Waals surface area (Å²) >= 11 is 0. The Hall–Kier alpha value is -2.88. The summed E-state index contributed by atoms with van der Waals surface area (Å²) in [4.78, 5) is 10.1. The Kier molecular flexibility index (Phi) is 4.10. The van der Waals surface area contributed by atoms with Crippen molar-refractivity contribution in [2.45, 2.75) is 19.4 Å². The van der Waals surface area contributed by atoms with E-state index in [4.69, 9.17) is 0 Å². The summed E-state index contributed by atoms with van der Waals surface area (Å²) in [6, 6.07) is 8.97. The lowest BCUT2D eigenvalue weighted by Crippen LogP contribution is -2.36. The van der Waals surface area contributed by atoms with Crippen LogP contribution in [0.5, 0.6) is 0 Å². The SMILES string of the molecule is Cc1c(N2CC=CCC2C=Cc2cccc(F)c2)cnc2[nH]ccc12. The molecule has 1 N–H and O–H groups in total. The number of aromatic nitrogens is 2. The molecule has 0 spiro atoms. The van der Waals surface area contributed by atoms with Crippen molar-refractivity contribution in [1.82, 2.24) is 9.97 Å². The molecule has 0 aliphatic carbocycles. The minimum absolute atomic E-state index is 0.208. The molecule has 25 heavy (non-hydrogen) atoms. The van der Waals surface area contributed by atoms with Crippen molar-refractivity contribution < 1.29 is 4.39 Å². The molecule has 3 nitrogen and oxygen atoms in total. The Balaban J connectivity index is 1.66.